The molecular weight excluding hydrogens is 500 g/mol. The van der Waals surface area contributed by atoms with Crippen LogP contribution in [0.3, 0.4) is 0 Å². The number of nitrogens with zero attached hydrogens (tertiary/aromatic N) is 5. The molecule has 12 nitrogen and oxygen atoms in total. The molecule has 0 fully saturated rings. The van der Waals surface area contributed by atoms with E-state index in [0.29, 0.717) is 5.56 Å². The lowest BCUT2D eigenvalue weighted by Gasteiger charge is -2.26. The molecule has 0 spiro atoms. The predicted molar refractivity (Wildman–Crippen MR) is 135 cm³/mol. The Morgan fingerprint density at radius 1 is 1.14 bits per heavy atom. The molecule has 186 valence electrons. The Bertz CT molecular complexity index is 1740. The fourth-order valence-electron chi connectivity index (χ4n) is 4.03. The number of nitriles is 1. The number of rotatable bonds is 5. The molecule has 13 heteroatoms. The highest BCUT2D eigenvalue weighted by Gasteiger charge is 2.36. The minimum absolute atomic E-state index is 0.0528. The smallest absolute Gasteiger partial charge is 0.274 e. The molecule has 0 radical (unpaired) electrons. The molecule has 1 aliphatic heterocycles. The Kier molecular flexibility index (Phi) is 6.43. The quantitative estimate of drug-likeness (QED) is 0.387. The van der Waals surface area contributed by atoms with Gasteiger partial charge in [-0.25, -0.2) is 0 Å². The lowest BCUT2D eigenvalue weighted by atomic mass is 9.83. The van der Waals surface area contributed by atoms with Crippen LogP contribution in [0.1, 0.15) is 17.0 Å². The SMILES string of the molecule is CN(C)C(=O)C1=c2s/c(=C/c3cccc([N+](=O)[O-])c3)c(=O)n2C(N)=C(C#N)C1c1cccc([N+](=O)[O-])c1. The van der Waals surface area contributed by atoms with Crippen LogP contribution in [0.2, 0.25) is 0 Å². The molecule has 0 aliphatic carbocycles. The van der Waals surface area contributed by atoms with E-state index in [0.717, 1.165) is 15.9 Å². The van der Waals surface area contributed by atoms with Gasteiger partial charge in [-0.2, -0.15) is 5.26 Å². The predicted octanol–water partition coefficient (Wildman–Crippen LogP) is 1.24. The Balaban J connectivity index is 2.10. The summed E-state index contributed by atoms with van der Waals surface area (Å²) in [5, 5.41) is 32.6. The zero-order valence-corrected chi connectivity index (χ0v) is 20.3. The van der Waals surface area contributed by atoms with E-state index in [2.05, 4.69) is 0 Å². The van der Waals surface area contributed by atoms with Gasteiger partial charge in [0.15, 0.2) is 0 Å². The summed E-state index contributed by atoms with van der Waals surface area (Å²) in [6, 6.07) is 13.2. The number of thiazole rings is 1. The number of benzene rings is 2. The summed E-state index contributed by atoms with van der Waals surface area (Å²) >= 11 is 0.933. The van der Waals surface area contributed by atoms with Crippen molar-refractivity contribution in [2.45, 2.75) is 5.92 Å². The molecule has 4 rings (SSSR count). The van der Waals surface area contributed by atoms with Crippen molar-refractivity contribution in [2.75, 3.05) is 14.1 Å². The van der Waals surface area contributed by atoms with Crippen LogP contribution in [0.15, 0.2) is 58.9 Å². The normalized spacial score (nSPS) is 15.2. The fourth-order valence-corrected chi connectivity index (χ4v) is 5.20. The first-order valence-electron chi connectivity index (χ1n) is 10.6. The van der Waals surface area contributed by atoms with Gasteiger partial charge < -0.3 is 10.6 Å². The highest BCUT2D eigenvalue weighted by atomic mass is 32.1. The Morgan fingerprint density at radius 2 is 1.76 bits per heavy atom. The second-order valence-corrected chi connectivity index (χ2v) is 9.25. The van der Waals surface area contributed by atoms with Gasteiger partial charge in [0.05, 0.1) is 37.5 Å². The van der Waals surface area contributed by atoms with Gasteiger partial charge in [0.2, 0.25) is 0 Å². The first-order chi connectivity index (χ1) is 17.5. The molecule has 1 aromatic heterocycles. The van der Waals surface area contributed by atoms with E-state index in [1.807, 2.05) is 6.07 Å². The molecule has 0 bridgehead atoms. The summed E-state index contributed by atoms with van der Waals surface area (Å²) in [7, 11) is 3.00. The van der Waals surface area contributed by atoms with E-state index >= 15 is 0 Å². The van der Waals surface area contributed by atoms with E-state index in [4.69, 9.17) is 5.73 Å². The van der Waals surface area contributed by atoms with Crippen LogP contribution in [-0.4, -0.2) is 39.3 Å². The topological polar surface area (TPSA) is 178 Å². The maximum atomic E-state index is 13.4. The van der Waals surface area contributed by atoms with E-state index in [9.17, 15) is 35.1 Å². The average molecular weight is 519 g/mol. The largest absolute Gasteiger partial charge is 0.384 e. The van der Waals surface area contributed by atoms with Crippen LogP contribution in [0.4, 0.5) is 11.4 Å². The van der Waals surface area contributed by atoms with Crippen molar-refractivity contribution < 1.29 is 14.6 Å². The lowest BCUT2D eigenvalue weighted by molar-refractivity contribution is -0.385. The molecule has 2 heterocycles. The van der Waals surface area contributed by atoms with Crippen LogP contribution >= 0.6 is 11.3 Å². The van der Waals surface area contributed by atoms with Crippen LogP contribution in [0.5, 0.6) is 0 Å². The van der Waals surface area contributed by atoms with Crippen molar-refractivity contribution in [3.05, 3.63) is 105 Å². The number of non-ortho nitro benzene ring substituents is 2. The summed E-state index contributed by atoms with van der Waals surface area (Å²) in [6.07, 6.45) is 1.44. The van der Waals surface area contributed by atoms with Gasteiger partial charge in [0.1, 0.15) is 10.5 Å². The molecule has 1 unspecified atom stereocenters. The van der Waals surface area contributed by atoms with Crippen LogP contribution in [0.25, 0.3) is 17.5 Å². The standard InChI is InChI=1S/C24H18N6O6S/c1-27(2)23(32)20-19(14-6-4-8-16(11-14)30(35)36)17(12-25)21(26)28-22(31)18(37-24(20)28)10-13-5-3-7-15(9-13)29(33)34/h3-11,19H,26H2,1-2H3/b18-10+. The van der Waals surface area contributed by atoms with Gasteiger partial charge in [-0.15, -0.1) is 11.3 Å². The monoisotopic (exact) mass is 518 g/mol. The number of carbonyl (C=O) groups is 1. The molecule has 2 aromatic carbocycles. The molecule has 3 aromatic rings. The van der Waals surface area contributed by atoms with Crippen LogP contribution in [0, 0.1) is 31.6 Å². The van der Waals surface area contributed by atoms with Gasteiger partial charge in [-0.1, -0.05) is 24.3 Å². The third-order valence-corrected chi connectivity index (χ3v) is 6.81. The van der Waals surface area contributed by atoms with Crippen LogP contribution in [-0.2, 0) is 4.79 Å². The number of aromatic nitrogens is 1. The number of nitro benzene ring substituents is 2. The number of hydrogen-bond acceptors (Lipinski definition) is 9. The van der Waals surface area contributed by atoms with Gasteiger partial charge in [0, 0.05) is 38.4 Å². The average Bonchev–Trinajstić information content (AvgIpc) is 3.19. The van der Waals surface area contributed by atoms with Crippen molar-refractivity contribution in [3.63, 3.8) is 0 Å². The second kappa shape index (κ2) is 9.51. The highest BCUT2D eigenvalue weighted by molar-refractivity contribution is 7.07. The van der Waals surface area contributed by atoms with Crippen molar-refractivity contribution >= 4 is 46.1 Å². The number of nitro groups is 2. The summed E-state index contributed by atoms with van der Waals surface area (Å²) in [5.74, 6) is -1.79. The number of nitrogens with two attached hydrogens (primary N) is 1. The molecule has 0 saturated heterocycles. The number of hydrogen-bond donors (Lipinski definition) is 1. The van der Waals surface area contributed by atoms with Crippen molar-refractivity contribution in [1.82, 2.24) is 9.47 Å². The first kappa shape index (κ1) is 25.0. The number of carbonyl (C=O) groups excluding carboxylic acids is 1. The number of fused-ring (bicyclic) bond motifs is 1. The molecule has 37 heavy (non-hydrogen) atoms. The lowest BCUT2D eigenvalue weighted by Crippen LogP contribution is -2.41. The fraction of sp³-hybridized carbons (Fsp3) is 0.125. The van der Waals surface area contributed by atoms with Crippen molar-refractivity contribution in [2.24, 2.45) is 5.73 Å². The number of amides is 1. The maximum Gasteiger partial charge on any atom is 0.274 e. The van der Waals surface area contributed by atoms with Gasteiger partial charge >= 0.3 is 0 Å². The summed E-state index contributed by atoms with van der Waals surface area (Å²) in [5.41, 5.74) is 5.88. The highest BCUT2D eigenvalue weighted by Crippen LogP contribution is 2.37. The van der Waals surface area contributed by atoms with Gasteiger partial charge in [-0.05, 0) is 17.2 Å². The second-order valence-electron chi connectivity index (χ2n) is 8.22. The van der Waals surface area contributed by atoms with E-state index in [-0.39, 0.29) is 43.1 Å². The van der Waals surface area contributed by atoms with Gasteiger partial charge in [-0.3, -0.25) is 34.4 Å². The van der Waals surface area contributed by atoms with E-state index in [1.165, 1.54) is 61.5 Å². The zero-order chi connectivity index (χ0) is 27.0. The Labute approximate surface area is 212 Å². The maximum absolute atomic E-state index is 13.4. The molecule has 1 atom stereocenters. The summed E-state index contributed by atoms with van der Waals surface area (Å²) in [6.45, 7) is 0. The third kappa shape index (κ3) is 4.37. The third-order valence-electron chi connectivity index (χ3n) is 5.70. The Morgan fingerprint density at radius 3 is 2.35 bits per heavy atom. The molecule has 1 aliphatic rings. The van der Waals surface area contributed by atoms with E-state index in [1.54, 1.807) is 12.1 Å². The molecular formula is C24H18N6O6S. The number of allylic oxidation sites excluding steroid dienone is 1. The Hall–Kier alpha value is -5.09. The molecule has 2 N–H and O–H groups in total. The zero-order valence-electron chi connectivity index (χ0n) is 19.4. The minimum atomic E-state index is -1.07. The molecule has 0 saturated carbocycles. The summed E-state index contributed by atoms with van der Waals surface area (Å²) < 4.78 is 1.35. The van der Waals surface area contributed by atoms with E-state index < -0.39 is 27.2 Å². The molecule has 1 amide bonds. The van der Waals surface area contributed by atoms with Crippen molar-refractivity contribution in [3.8, 4) is 6.07 Å². The van der Waals surface area contributed by atoms with Crippen LogP contribution < -0.4 is 20.5 Å². The van der Waals surface area contributed by atoms with Gasteiger partial charge in [0.25, 0.3) is 22.8 Å². The minimum Gasteiger partial charge on any atom is -0.384 e. The first-order valence-corrected chi connectivity index (χ1v) is 11.4. The van der Waals surface area contributed by atoms with Crippen molar-refractivity contribution in [1.29, 1.82) is 5.26 Å². The summed E-state index contributed by atoms with van der Waals surface area (Å²) in [4.78, 5) is 49.5.